The lowest BCUT2D eigenvalue weighted by Crippen LogP contribution is -2.29. The number of aliphatic hydroxyl groups excluding tert-OH is 1. The smallest absolute Gasteiger partial charge is 0.469 e. The van der Waals surface area contributed by atoms with Crippen LogP contribution in [0.1, 0.15) is 96.3 Å². The van der Waals surface area contributed by atoms with Crippen LogP contribution < -0.4 is 5.73 Å². The van der Waals surface area contributed by atoms with Crippen molar-refractivity contribution in [2.45, 2.75) is 108 Å². The second kappa shape index (κ2) is 17.4. The van der Waals surface area contributed by atoms with Gasteiger partial charge >= 0.3 is 13.8 Å². The maximum atomic E-state index is 10.6. The van der Waals surface area contributed by atoms with Crippen LogP contribution in [0, 0.1) is 0 Å². The summed E-state index contributed by atoms with van der Waals surface area (Å²) in [6.07, 6.45) is 14.9. The minimum Gasteiger partial charge on any atom is -0.480 e. The van der Waals surface area contributed by atoms with Gasteiger partial charge in [-0.2, -0.15) is 0 Å². The van der Waals surface area contributed by atoms with Crippen molar-refractivity contribution >= 4 is 13.8 Å². The molecule has 2 unspecified atom stereocenters. The number of unbranched alkanes of at least 4 members (excludes halogenated alkanes) is 12. The molecule has 0 saturated carbocycles. The normalized spacial score (nSPS) is 14.1. The van der Waals surface area contributed by atoms with E-state index in [1.54, 1.807) is 0 Å². The molecule has 0 rings (SSSR count). The molecule has 0 saturated heterocycles. The van der Waals surface area contributed by atoms with Gasteiger partial charge in [0.25, 0.3) is 0 Å². The van der Waals surface area contributed by atoms with Gasteiger partial charge in [0.05, 0.1) is 12.7 Å². The van der Waals surface area contributed by atoms with E-state index in [4.69, 9.17) is 20.6 Å². The second-order valence-corrected chi connectivity index (χ2v) is 8.80. The topological polar surface area (TPSA) is 150 Å². The van der Waals surface area contributed by atoms with E-state index in [1.165, 1.54) is 44.9 Å². The SMILES string of the molecule is NC(CCCCCCCCCCCCCCCC(O)COP(=O)(O)O)C(=O)O. The average molecular weight is 426 g/mol. The maximum Gasteiger partial charge on any atom is 0.469 e. The molecule has 0 aromatic heterocycles. The highest BCUT2D eigenvalue weighted by Crippen LogP contribution is 2.35. The van der Waals surface area contributed by atoms with Gasteiger partial charge in [-0.3, -0.25) is 9.32 Å². The molecule has 0 radical (unpaired) electrons. The minimum atomic E-state index is -4.48. The predicted octanol–water partition coefficient (Wildman–Crippen LogP) is 3.72. The standard InChI is InChI=1S/C19H40NO7P/c20-18(19(22)23)15-13-11-9-7-5-3-1-2-4-6-8-10-12-14-17(21)16-27-28(24,25)26/h17-18,21H,1-16,20H2,(H,22,23)(H2,24,25,26). The first kappa shape index (κ1) is 27.5. The summed E-state index contributed by atoms with van der Waals surface area (Å²) < 4.78 is 14.8. The van der Waals surface area contributed by atoms with Gasteiger partial charge < -0.3 is 25.7 Å². The van der Waals surface area contributed by atoms with Crippen LogP contribution in [0.5, 0.6) is 0 Å². The van der Waals surface area contributed by atoms with E-state index in [0.29, 0.717) is 12.8 Å². The van der Waals surface area contributed by atoms with Gasteiger partial charge in [-0.15, -0.1) is 0 Å². The Balaban J connectivity index is 3.22. The van der Waals surface area contributed by atoms with Gasteiger partial charge in [0.1, 0.15) is 6.04 Å². The maximum absolute atomic E-state index is 10.6. The van der Waals surface area contributed by atoms with Crippen molar-refractivity contribution in [1.29, 1.82) is 0 Å². The second-order valence-electron chi connectivity index (χ2n) is 7.56. The molecule has 0 aliphatic rings. The van der Waals surface area contributed by atoms with E-state index in [2.05, 4.69) is 4.52 Å². The molecule has 2 atom stereocenters. The molecule has 0 aromatic rings. The molecule has 9 heteroatoms. The zero-order chi connectivity index (χ0) is 21.3. The minimum absolute atomic E-state index is 0.319. The van der Waals surface area contributed by atoms with Crippen molar-refractivity contribution in [1.82, 2.24) is 0 Å². The third-order valence-corrected chi connectivity index (χ3v) is 5.29. The largest absolute Gasteiger partial charge is 0.480 e. The number of hydrogen-bond donors (Lipinski definition) is 5. The summed E-state index contributed by atoms with van der Waals surface area (Å²) in [5.41, 5.74) is 5.46. The van der Waals surface area contributed by atoms with Crippen LogP contribution in [0.3, 0.4) is 0 Å². The molecule has 28 heavy (non-hydrogen) atoms. The van der Waals surface area contributed by atoms with Crippen LogP contribution >= 0.6 is 7.82 Å². The lowest BCUT2D eigenvalue weighted by Gasteiger charge is -2.11. The summed E-state index contributed by atoms with van der Waals surface area (Å²) in [4.78, 5) is 27.7. The molecule has 0 aliphatic carbocycles. The van der Waals surface area contributed by atoms with Crippen LogP contribution in [-0.2, 0) is 13.9 Å². The fraction of sp³-hybridized carbons (Fsp3) is 0.947. The Morgan fingerprint density at radius 1 is 0.786 bits per heavy atom. The fourth-order valence-electron chi connectivity index (χ4n) is 3.08. The third kappa shape index (κ3) is 20.2. The molecule has 0 aromatic carbocycles. The number of carboxylic acid groups (broad SMARTS) is 1. The summed E-state index contributed by atoms with van der Waals surface area (Å²) in [6.45, 7) is -0.319. The quantitative estimate of drug-likeness (QED) is 0.146. The van der Waals surface area contributed by atoms with E-state index < -0.39 is 25.9 Å². The molecule has 0 heterocycles. The van der Waals surface area contributed by atoms with Gasteiger partial charge in [0.15, 0.2) is 0 Å². The molecule has 6 N–H and O–H groups in total. The van der Waals surface area contributed by atoms with Crippen molar-refractivity contribution in [2.24, 2.45) is 5.73 Å². The van der Waals surface area contributed by atoms with E-state index in [0.717, 1.165) is 38.5 Å². The number of rotatable bonds is 20. The highest BCUT2D eigenvalue weighted by molar-refractivity contribution is 7.46. The number of aliphatic carboxylic acids is 1. The monoisotopic (exact) mass is 425 g/mol. The van der Waals surface area contributed by atoms with Crippen molar-refractivity contribution in [3.05, 3.63) is 0 Å². The third-order valence-electron chi connectivity index (χ3n) is 4.80. The number of nitrogens with two attached hydrogens (primary N) is 1. The molecular weight excluding hydrogens is 385 g/mol. The van der Waals surface area contributed by atoms with Crippen LogP contribution in [0.15, 0.2) is 0 Å². The molecular formula is C19H40NO7P. The summed E-state index contributed by atoms with van der Waals surface area (Å²) in [7, 11) is -4.48. The fourth-order valence-corrected chi connectivity index (χ4v) is 3.44. The lowest BCUT2D eigenvalue weighted by atomic mass is 10.0. The van der Waals surface area contributed by atoms with Crippen LogP contribution in [-0.4, -0.2) is 44.7 Å². The van der Waals surface area contributed by atoms with E-state index in [-0.39, 0.29) is 6.61 Å². The molecule has 0 amide bonds. The van der Waals surface area contributed by atoms with Gasteiger partial charge in [0, 0.05) is 0 Å². The van der Waals surface area contributed by atoms with Gasteiger partial charge in [-0.1, -0.05) is 83.5 Å². The Hall–Kier alpha value is -0.500. The molecule has 0 spiro atoms. The Kier molecular flexibility index (Phi) is 17.1. The van der Waals surface area contributed by atoms with E-state index in [9.17, 15) is 14.5 Å². The summed E-state index contributed by atoms with van der Waals surface area (Å²) in [6, 6.07) is -0.716. The predicted molar refractivity (Wildman–Crippen MR) is 109 cm³/mol. The Morgan fingerprint density at radius 2 is 1.14 bits per heavy atom. The zero-order valence-electron chi connectivity index (χ0n) is 17.0. The number of aliphatic hydroxyl groups is 1. The average Bonchev–Trinajstić information content (AvgIpc) is 2.62. The first-order chi connectivity index (χ1) is 13.2. The molecule has 0 fully saturated rings. The number of carbonyl (C=O) groups is 1. The molecule has 0 bridgehead atoms. The first-order valence-corrected chi connectivity index (χ1v) is 12.1. The zero-order valence-corrected chi connectivity index (χ0v) is 17.9. The van der Waals surface area contributed by atoms with Crippen molar-refractivity contribution < 1.29 is 33.9 Å². The van der Waals surface area contributed by atoms with E-state index in [1.807, 2.05) is 0 Å². The Labute approximate surface area is 169 Å². The number of phosphoric ester groups is 1. The van der Waals surface area contributed by atoms with Gasteiger partial charge in [-0.25, -0.2) is 4.57 Å². The lowest BCUT2D eigenvalue weighted by molar-refractivity contribution is -0.138. The summed E-state index contributed by atoms with van der Waals surface area (Å²) in [5, 5.41) is 18.2. The van der Waals surface area contributed by atoms with Crippen LogP contribution in [0.25, 0.3) is 0 Å². The van der Waals surface area contributed by atoms with Crippen LogP contribution in [0.2, 0.25) is 0 Å². The van der Waals surface area contributed by atoms with Crippen molar-refractivity contribution in [3.63, 3.8) is 0 Å². The van der Waals surface area contributed by atoms with Crippen LogP contribution in [0.4, 0.5) is 0 Å². The van der Waals surface area contributed by atoms with Gasteiger partial charge in [0.2, 0.25) is 0 Å². The van der Waals surface area contributed by atoms with Gasteiger partial charge in [-0.05, 0) is 12.8 Å². The summed E-state index contributed by atoms with van der Waals surface area (Å²) >= 11 is 0. The molecule has 0 aliphatic heterocycles. The highest BCUT2D eigenvalue weighted by atomic mass is 31.2. The van der Waals surface area contributed by atoms with E-state index >= 15 is 0 Å². The number of hydrogen-bond acceptors (Lipinski definition) is 5. The molecule has 168 valence electrons. The number of carboxylic acids is 1. The first-order valence-electron chi connectivity index (χ1n) is 10.6. The number of phosphoric acid groups is 1. The van der Waals surface area contributed by atoms with Crippen molar-refractivity contribution in [2.75, 3.05) is 6.61 Å². The highest BCUT2D eigenvalue weighted by Gasteiger charge is 2.16. The molecule has 8 nitrogen and oxygen atoms in total. The summed E-state index contributed by atoms with van der Waals surface area (Å²) in [5.74, 6) is -0.912. The Morgan fingerprint density at radius 3 is 1.50 bits per heavy atom. The Bertz CT molecular complexity index is 431. The van der Waals surface area contributed by atoms with Crippen molar-refractivity contribution in [3.8, 4) is 0 Å².